The van der Waals surface area contributed by atoms with Gasteiger partial charge in [0.2, 0.25) is 0 Å². The Labute approximate surface area is 166 Å². The molecule has 0 aliphatic rings. The van der Waals surface area contributed by atoms with E-state index < -0.39 is 0 Å². The molecule has 5 heteroatoms. The minimum atomic E-state index is -0.194. The fourth-order valence-corrected chi connectivity index (χ4v) is 3.02. The molecule has 2 rings (SSSR count). The van der Waals surface area contributed by atoms with E-state index in [4.69, 9.17) is 9.47 Å². The molecule has 0 heterocycles. The van der Waals surface area contributed by atoms with Crippen molar-refractivity contribution < 1.29 is 24.2 Å². The van der Waals surface area contributed by atoms with Crippen molar-refractivity contribution in [2.24, 2.45) is 0 Å². The molecule has 2 aromatic carbocycles. The number of esters is 1. The van der Waals surface area contributed by atoms with E-state index in [9.17, 15) is 14.7 Å². The Kier molecular flexibility index (Phi) is 8.05. The first kappa shape index (κ1) is 21.5. The summed E-state index contributed by atoms with van der Waals surface area (Å²) in [6.45, 7) is 5.98. The molecule has 28 heavy (non-hydrogen) atoms. The van der Waals surface area contributed by atoms with Crippen molar-refractivity contribution in [3.63, 3.8) is 0 Å². The molecule has 0 bridgehead atoms. The van der Waals surface area contributed by atoms with Gasteiger partial charge in [-0.1, -0.05) is 31.5 Å². The number of carbonyl (C=O) groups excluding carboxylic acids is 2. The van der Waals surface area contributed by atoms with E-state index in [2.05, 4.69) is 0 Å². The number of ether oxygens (including phenoxy) is 2. The van der Waals surface area contributed by atoms with Crippen molar-refractivity contribution in [2.45, 2.75) is 53.1 Å². The van der Waals surface area contributed by atoms with Gasteiger partial charge in [0.1, 0.15) is 18.1 Å². The number of hydrogen-bond donors (Lipinski definition) is 1. The lowest BCUT2D eigenvalue weighted by atomic mass is 9.97. The Bertz CT molecular complexity index is 808. The second kappa shape index (κ2) is 10.5. The third-order valence-electron chi connectivity index (χ3n) is 4.50. The number of aryl methyl sites for hydroxylation is 1. The van der Waals surface area contributed by atoms with Crippen LogP contribution in [0, 0.1) is 0 Å². The zero-order chi connectivity index (χ0) is 20.5. The van der Waals surface area contributed by atoms with Crippen molar-refractivity contribution in [1.29, 1.82) is 0 Å². The molecule has 2 aromatic rings. The van der Waals surface area contributed by atoms with Gasteiger partial charge in [-0.05, 0) is 56.0 Å². The molecule has 1 N–H and O–H groups in total. The molecule has 0 amide bonds. The van der Waals surface area contributed by atoms with Crippen LogP contribution in [0.5, 0.6) is 11.5 Å². The van der Waals surface area contributed by atoms with Crippen LogP contribution in [0.2, 0.25) is 0 Å². The number of rotatable bonds is 10. The van der Waals surface area contributed by atoms with Crippen LogP contribution in [-0.2, 0) is 29.0 Å². The van der Waals surface area contributed by atoms with Gasteiger partial charge in [0.15, 0.2) is 5.78 Å². The SMILES string of the molecule is CCCc1c(COc2ccc(CCC(=O)OCC)cc2)ccc(C(C)=O)c1O. The summed E-state index contributed by atoms with van der Waals surface area (Å²) in [5, 5.41) is 10.4. The maximum Gasteiger partial charge on any atom is 0.306 e. The first-order valence-corrected chi connectivity index (χ1v) is 9.68. The molecular weight excluding hydrogens is 356 g/mol. The first-order chi connectivity index (χ1) is 13.5. The number of carbonyl (C=O) groups is 2. The second-order valence-electron chi connectivity index (χ2n) is 6.64. The summed E-state index contributed by atoms with van der Waals surface area (Å²) in [7, 11) is 0. The van der Waals surface area contributed by atoms with Crippen LogP contribution in [0.4, 0.5) is 0 Å². The number of phenols is 1. The number of ketones is 1. The highest BCUT2D eigenvalue weighted by Crippen LogP contribution is 2.29. The van der Waals surface area contributed by atoms with E-state index in [1.807, 2.05) is 37.3 Å². The molecule has 0 aliphatic carbocycles. The Morgan fingerprint density at radius 2 is 1.71 bits per heavy atom. The molecule has 0 atom stereocenters. The molecule has 150 valence electrons. The van der Waals surface area contributed by atoms with Crippen LogP contribution in [0.1, 0.15) is 60.7 Å². The summed E-state index contributed by atoms with van der Waals surface area (Å²) < 4.78 is 10.8. The first-order valence-electron chi connectivity index (χ1n) is 9.68. The number of benzene rings is 2. The molecular formula is C23H28O5. The van der Waals surface area contributed by atoms with E-state index in [0.29, 0.717) is 43.8 Å². The maximum atomic E-state index is 11.7. The standard InChI is InChI=1S/C23H28O5/c1-4-6-21-18(10-13-20(16(3)24)23(21)26)15-28-19-11-7-17(8-12-19)9-14-22(25)27-5-2/h7-8,10-13,26H,4-6,9,14-15H2,1-3H3. The minimum absolute atomic E-state index is 0.0600. The maximum absolute atomic E-state index is 11.7. The second-order valence-corrected chi connectivity index (χ2v) is 6.64. The quantitative estimate of drug-likeness (QED) is 0.478. The Hall–Kier alpha value is -2.82. The summed E-state index contributed by atoms with van der Waals surface area (Å²) in [5.41, 5.74) is 3.02. The lowest BCUT2D eigenvalue weighted by Gasteiger charge is -2.14. The zero-order valence-electron chi connectivity index (χ0n) is 16.8. The lowest BCUT2D eigenvalue weighted by molar-refractivity contribution is -0.143. The topological polar surface area (TPSA) is 72.8 Å². The van der Waals surface area contributed by atoms with E-state index in [-0.39, 0.29) is 17.5 Å². The summed E-state index contributed by atoms with van der Waals surface area (Å²) in [4.78, 5) is 23.1. The number of aromatic hydroxyl groups is 1. The zero-order valence-corrected chi connectivity index (χ0v) is 16.8. The van der Waals surface area contributed by atoms with Gasteiger partial charge in [0.25, 0.3) is 0 Å². The van der Waals surface area contributed by atoms with Crippen LogP contribution in [0.3, 0.4) is 0 Å². The number of hydrogen-bond acceptors (Lipinski definition) is 5. The molecule has 5 nitrogen and oxygen atoms in total. The summed E-state index contributed by atoms with van der Waals surface area (Å²) in [5.74, 6) is 0.419. The van der Waals surface area contributed by atoms with Gasteiger partial charge in [0, 0.05) is 12.0 Å². The van der Waals surface area contributed by atoms with Crippen molar-refractivity contribution >= 4 is 11.8 Å². The molecule has 0 radical (unpaired) electrons. The van der Waals surface area contributed by atoms with Crippen molar-refractivity contribution in [3.05, 3.63) is 58.7 Å². The van der Waals surface area contributed by atoms with E-state index in [1.165, 1.54) is 6.92 Å². The van der Waals surface area contributed by atoms with Gasteiger partial charge in [-0.3, -0.25) is 9.59 Å². The smallest absolute Gasteiger partial charge is 0.306 e. The van der Waals surface area contributed by atoms with Gasteiger partial charge in [-0.15, -0.1) is 0 Å². The molecule has 0 saturated heterocycles. The van der Waals surface area contributed by atoms with Gasteiger partial charge >= 0.3 is 5.97 Å². The van der Waals surface area contributed by atoms with Gasteiger partial charge in [0.05, 0.1) is 12.2 Å². The van der Waals surface area contributed by atoms with E-state index in [0.717, 1.165) is 23.1 Å². The fourth-order valence-electron chi connectivity index (χ4n) is 3.02. The minimum Gasteiger partial charge on any atom is -0.507 e. The van der Waals surface area contributed by atoms with Crippen LogP contribution >= 0.6 is 0 Å². The van der Waals surface area contributed by atoms with Gasteiger partial charge in [-0.2, -0.15) is 0 Å². The summed E-state index contributed by atoms with van der Waals surface area (Å²) in [6, 6.07) is 11.1. The van der Waals surface area contributed by atoms with Crippen molar-refractivity contribution in [1.82, 2.24) is 0 Å². The molecule has 0 aromatic heterocycles. The fraction of sp³-hybridized carbons (Fsp3) is 0.391. The average Bonchev–Trinajstić information content (AvgIpc) is 2.67. The Balaban J connectivity index is 2.02. The summed E-state index contributed by atoms with van der Waals surface area (Å²) in [6.07, 6.45) is 2.52. The Morgan fingerprint density at radius 1 is 1.00 bits per heavy atom. The average molecular weight is 384 g/mol. The highest BCUT2D eigenvalue weighted by Gasteiger charge is 2.15. The largest absolute Gasteiger partial charge is 0.507 e. The van der Waals surface area contributed by atoms with Crippen LogP contribution in [0.25, 0.3) is 0 Å². The van der Waals surface area contributed by atoms with Gasteiger partial charge in [-0.25, -0.2) is 0 Å². The van der Waals surface area contributed by atoms with Crippen molar-refractivity contribution in [3.8, 4) is 11.5 Å². The van der Waals surface area contributed by atoms with Gasteiger partial charge < -0.3 is 14.6 Å². The third kappa shape index (κ3) is 5.84. The lowest BCUT2D eigenvalue weighted by Crippen LogP contribution is -2.05. The van der Waals surface area contributed by atoms with E-state index in [1.54, 1.807) is 13.0 Å². The number of Topliss-reactive ketones (excluding diaryl/α,β-unsaturated/α-hetero) is 1. The van der Waals surface area contributed by atoms with Crippen LogP contribution in [-0.4, -0.2) is 23.5 Å². The molecule has 0 aliphatic heterocycles. The molecule has 0 fully saturated rings. The molecule has 0 saturated carbocycles. The van der Waals surface area contributed by atoms with Crippen molar-refractivity contribution in [2.75, 3.05) is 6.61 Å². The highest BCUT2D eigenvalue weighted by molar-refractivity contribution is 5.97. The summed E-state index contributed by atoms with van der Waals surface area (Å²) >= 11 is 0. The van der Waals surface area contributed by atoms with Crippen LogP contribution in [0.15, 0.2) is 36.4 Å². The third-order valence-corrected chi connectivity index (χ3v) is 4.50. The van der Waals surface area contributed by atoms with E-state index >= 15 is 0 Å². The predicted octanol–water partition coefficient (Wildman–Crippen LogP) is 4.62. The number of phenolic OH excluding ortho intramolecular Hbond substituents is 1. The highest BCUT2D eigenvalue weighted by atomic mass is 16.5. The monoisotopic (exact) mass is 384 g/mol. The van der Waals surface area contributed by atoms with Crippen LogP contribution < -0.4 is 4.74 Å². The molecule has 0 unspecified atom stereocenters. The normalized spacial score (nSPS) is 10.5. The predicted molar refractivity (Wildman–Crippen MR) is 108 cm³/mol. The Morgan fingerprint density at radius 3 is 2.32 bits per heavy atom. The molecule has 0 spiro atoms.